The van der Waals surface area contributed by atoms with Gasteiger partial charge in [0.1, 0.15) is 0 Å². The van der Waals surface area contributed by atoms with E-state index in [2.05, 4.69) is 29.9 Å². The number of hydrogen-bond acceptors (Lipinski definition) is 5. The molecule has 0 aromatic rings. The third-order valence-corrected chi connectivity index (χ3v) is 6.21. The zero-order valence-electron chi connectivity index (χ0n) is 18.5. The Hall–Kier alpha value is -1.17. The van der Waals surface area contributed by atoms with Crippen molar-refractivity contribution in [1.29, 1.82) is 0 Å². The molecule has 0 aromatic carbocycles. The van der Waals surface area contributed by atoms with Crippen molar-refractivity contribution in [2.45, 2.75) is 89.4 Å². The number of esters is 1. The average Bonchev–Trinajstić information content (AvgIpc) is 3.31. The Balaban J connectivity index is 1.92. The number of carbonyl (C=O) groups excluding carboxylic acids is 1. The van der Waals surface area contributed by atoms with Crippen molar-refractivity contribution in [3.05, 3.63) is 24.3 Å². The minimum Gasteiger partial charge on any atom is -0.469 e. The lowest BCUT2D eigenvalue weighted by molar-refractivity contribution is -0.183. The predicted octanol–water partition coefficient (Wildman–Crippen LogP) is 4.93. The molecule has 1 heterocycles. The number of rotatable bonds is 12. The molecule has 0 amide bonds. The minimum absolute atomic E-state index is 0.155. The van der Waals surface area contributed by atoms with Crippen LogP contribution in [0.15, 0.2) is 24.3 Å². The number of hydrogen-bond donors (Lipinski definition) is 1. The predicted molar refractivity (Wildman–Crippen MR) is 114 cm³/mol. The molecule has 1 saturated carbocycles. The van der Waals surface area contributed by atoms with Gasteiger partial charge in [-0.25, -0.2) is 0 Å². The van der Waals surface area contributed by atoms with E-state index in [0.717, 1.165) is 57.8 Å². The highest BCUT2D eigenvalue weighted by Gasteiger charge is 2.51. The van der Waals surface area contributed by atoms with Crippen molar-refractivity contribution in [2.24, 2.45) is 11.8 Å². The van der Waals surface area contributed by atoms with E-state index < -0.39 is 11.4 Å². The molecule has 1 saturated heterocycles. The lowest BCUT2D eigenvalue weighted by Crippen LogP contribution is -2.36. The summed E-state index contributed by atoms with van der Waals surface area (Å²) in [5.41, 5.74) is -0.753. The number of carbonyl (C=O) groups is 1. The van der Waals surface area contributed by atoms with E-state index in [4.69, 9.17) is 9.47 Å². The molecule has 166 valence electrons. The Morgan fingerprint density at radius 2 is 2.00 bits per heavy atom. The van der Waals surface area contributed by atoms with Gasteiger partial charge >= 0.3 is 5.97 Å². The lowest BCUT2D eigenvalue weighted by atomic mass is 9.87. The fourth-order valence-electron chi connectivity index (χ4n) is 4.47. The first-order chi connectivity index (χ1) is 13.9. The van der Waals surface area contributed by atoms with Gasteiger partial charge in [-0.15, -0.1) is 0 Å². The summed E-state index contributed by atoms with van der Waals surface area (Å²) in [5.74, 6) is -0.0356. The molecule has 0 radical (unpaired) electrons. The van der Waals surface area contributed by atoms with Gasteiger partial charge in [0.15, 0.2) is 5.79 Å². The quantitative estimate of drug-likeness (QED) is 0.282. The maximum Gasteiger partial charge on any atom is 0.305 e. The second kappa shape index (κ2) is 11.9. The highest BCUT2D eigenvalue weighted by Crippen LogP contribution is 2.48. The summed E-state index contributed by atoms with van der Waals surface area (Å²) in [7, 11) is 1.42. The monoisotopic (exact) mass is 408 g/mol. The fourth-order valence-corrected chi connectivity index (χ4v) is 4.47. The van der Waals surface area contributed by atoms with Crippen molar-refractivity contribution >= 4 is 5.97 Å². The van der Waals surface area contributed by atoms with Crippen LogP contribution in [-0.4, -0.2) is 42.8 Å². The van der Waals surface area contributed by atoms with Gasteiger partial charge in [-0.2, -0.15) is 0 Å². The zero-order valence-corrected chi connectivity index (χ0v) is 18.5. The van der Waals surface area contributed by atoms with E-state index in [0.29, 0.717) is 25.6 Å². The van der Waals surface area contributed by atoms with Crippen LogP contribution >= 0.6 is 0 Å². The number of ether oxygens (including phenoxy) is 3. The smallest absolute Gasteiger partial charge is 0.305 e. The van der Waals surface area contributed by atoms with Gasteiger partial charge in [0.25, 0.3) is 0 Å². The Morgan fingerprint density at radius 3 is 2.69 bits per heavy atom. The third kappa shape index (κ3) is 7.54. The van der Waals surface area contributed by atoms with Crippen LogP contribution in [0.2, 0.25) is 0 Å². The molecule has 0 aromatic heterocycles. The van der Waals surface area contributed by atoms with Gasteiger partial charge in [0, 0.05) is 18.8 Å². The highest BCUT2D eigenvalue weighted by atomic mass is 16.7. The molecule has 1 spiro atoms. The Kier molecular flexibility index (Phi) is 9.87. The largest absolute Gasteiger partial charge is 0.469 e. The van der Waals surface area contributed by atoms with Crippen molar-refractivity contribution in [3.63, 3.8) is 0 Å². The maximum atomic E-state index is 11.2. The topological polar surface area (TPSA) is 65.0 Å². The van der Waals surface area contributed by atoms with Crippen LogP contribution in [0.3, 0.4) is 0 Å². The molecule has 3 atom stereocenters. The van der Waals surface area contributed by atoms with E-state index >= 15 is 0 Å². The third-order valence-electron chi connectivity index (χ3n) is 6.21. The molecule has 29 heavy (non-hydrogen) atoms. The van der Waals surface area contributed by atoms with Crippen LogP contribution in [0.5, 0.6) is 0 Å². The average molecular weight is 409 g/mol. The van der Waals surface area contributed by atoms with Crippen LogP contribution in [0, 0.1) is 11.8 Å². The van der Waals surface area contributed by atoms with Crippen molar-refractivity contribution < 1.29 is 24.1 Å². The summed E-state index contributed by atoms with van der Waals surface area (Å²) < 4.78 is 16.8. The Bertz CT molecular complexity index is 545. The SMILES string of the molecule is CCCCC[C@](C)(O)/C=C/[C@H]1CCC2(OCCO2)[C@@H]1C/C=C\CCCC(=O)OC. The first-order valence-corrected chi connectivity index (χ1v) is 11.3. The first-order valence-electron chi connectivity index (χ1n) is 11.3. The molecule has 5 nitrogen and oxygen atoms in total. The summed E-state index contributed by atoms with van der Waals surface area (Å²) >= 11 is 0. The number of unbranched alkanes of at least 4 members (excludes halogenated alkanes) is 3. The maximum absolute atomic E-state index is 11.2. The Labute approximate surface area is 176 Å². The van der Waals surface area contributed by atoms with Gasteiger partial charge in [-0.1, -0.05) is 50.5 Å². The van der Waals surface area contributed by atoms with Gasteiger partial charge in [-0.05, 0) is 44.9 Å². The molecular weight excluding hydrogens is 368 g/mol. The van der Waals surface area contributed by atoms with Crippen LogP contribution in [-0.2, 0) is 19.0 Å². The van der Waals surface area contributed by atoms with E-state index in [-0.39, 0.29) is 11.9 Å². The molecule has 1 N–H and O–H groups in total. The molecule has 2 aliphatic rings. The van der Waals surface area contributed by atoms with Gasteiger partial charge in [0.2, 0.25) is 0 Å². The van der Waals surface area contributed by atoms with Crippen molar-refractivity contribution in [3.8, 4) is 0 Å². The van der Waals surface area contributed by atoms with E-state index in [9.17, 15) is 9.90 Å². The molecular formula is C24H40O5. The molecule has 1 aliphatic heterocycles. The highest BCUT2D eigenvalue weighted by molar-refractivity contribution is 5.69. The van der Waals surface area contributed by atoms with E-state index in [1.165, 1.54) is 7.11 Å². The van der Waals surface area contributed by atoms with Gasteiger partial charge in [0.05, 0.1) is 25.9 Å². The molecule has 1 aliphatic carbocycles. The molecule has 0 unspecified atom stereocenters. The standard InChI is InChI=1S/C24H40O5/c1-4-5-10-15-23(2,26)16-13-20-14-17-24(28-18-19-29-24)21(20)11-8-6-7-9-12-22(25)27-3/h6,8,13,16,20-21,26H,4-5,7,9-12,14-15,17-19H2,1-3H3/b8-6-,16-13+/t20-,21+,23-/m0/s1. The fraction of sp³-hybridized carbons (Fsp3) is 0.792. The van der Waals surface area contributed by atoms with Crippen LogP contribution in [0.1, 0.15) is 78.1 Å². The number of methoxy groups -OCH3 is 1. The summed E-state index contributed by atoms with van der Waals surface area (Å²) in [6, 6.07) is 0. The first kappa shape index (κ1) is 24.1. The Morgan fingerprint density at radius 1 is 1.24 bits per heavy atom. The number of aliphatic hydroxyl groups is 1. The molecule has 2 rings (SSSR count). The van der Waals surface area contributed by atoms with Crippen LogP contribution in [0.4, 0.5) is 0 Å². The molecule has 2 fully saturated rings. The molecule has 5 heteroatoms. The van der Waals surface area contributed by atoms with E-state index in [1.54, 1.807) is 0 Å². The lowest BCUT2D eigenvalue weighted by Gasteiger charge is -2.31. The van der Waals surface area contributed by atoms with Crippen molar-refractivity contribution in [2.75, 3.05) is 20.3 Å². The van der Waals surface area contributed by atoms with Gasteiger partial charge < -0.3 is 19.3 Å². The van der Waals surface area contributed by atoms with Gasteiger partial charge in [-0.3, -0.25) is 4.79 Å². The van der Waals surface area contributed by atoms with Crippen LogP contribution in [0.25, 0.3) is 0 Å². The summed E-state index contributed by atoms with van der Waals surface area (Å²) in [5, 5.41) is 10.7. The normalized spacial score (nSPS) is 25.9. The minimum atomic E-state index is -0.753. The van der Waals surface area contributed by atoms with E-state index in [1.807, 2.05) is 13.0 Å². The number of allylic oxidation sites excluding steroid dienone is 3. The van der Waals surface area contributed by atoms with Crippen molar-refractivity contribution in [1.82, 2.24) is 0 Å². The summed E-state index contributed by atoms with van der Waals surface area (Å²) in [4.78, 5) is 11.2. The zero-order chi connectivity index (χ0) is 21.2. The second-order valence-corrected chi connectivity index (χ2v) is 8.67. The molecule has 0 bridgehead atoms. The summed E-state index contributed by atoms with van der Waals surface area (Å²) in [6.07, 6.45) is 17.6. The second-order valence-electron chi connectivity index (χ2n) is 8.67. The van der Waals surface area contributed by atoms with Crippen LogP contribution < -0.4 is 0 Å². The summed E-state index contributed by atoms with van der Waals surface area (Å²) in [6.45, 7) is 5.40.